The molecule has 0 saturated carbocycles. The fourth-order valence-corrected chi connectivity index (χ4v) is 4.39. The molecule has 0 aliphatic carbocycles. The van der Waals surface area contributed by atoms with Crippen LogP contribution in [0.4, 0.5) is 0 Å². The SMILES string of the molecule is CCC(c1nc(CCl)cs1)N1CCc2ccccc2CC1. The highest BCUT2D eigenvalue weighted by molar-refractivity contribution is 7.09. The molecule has 1 atom stereocenters. The molecule has 2 nitrogen and oxygen atoms in total. The molecule has 2 heterocycles. The van der Waals surface area contributed by atoms with Gasteiger partial charge in [-0.2, -0.15) is 0 Å². The number of hydrogen-bond acceptors (Lipinski definition) is 3. The Morgan fingerprint density at radius 3 is 2.43 bits per heavy atom. The fourth-order valence-electron chi connectivity index (χ4n) is 3.12. The molecule has 0 amide bonds. The van der Waals surface area contributed by atoms with Crippen molar-refractivity contribution >= 4 is 22.9 Å². The van der Waals surface area contributed by atoms with Gasteiger partial charge in [-0.15, -0.1) is 22.9 Å². The van der Waals surface area contributed by atoms with E-state index in [2.05, 4.69) is 41.5 Å². The lowest BCUT2D eigenvalue weighted by Crippen LogP contribution is -2.31. The van der Waals surface area contributed by atoms with Gasteiger partial charge in [-0.3, -0.25) is 4.90 Å². The summed E-state index contributed by atoms with van der Waals surface area (Å²) in [6, 6.07) is 9.28. The predicted molar refractivity (Wildman–Crippen MR) is 90.1 cm³/mol. The summed E-state index contributed by atoms with van der Waals surface area (Å²) in [6.07, 6.45) is 3.38. The Balaban J connectivity index is 1.77. The normalized spacial score (nSPS) is 17.2. The van der Waals surface area contributed by atoms with E-state index in [0.29, 0.717) is 11.9 Å². The zero-order chi connectivity index (χ0) is 14.7. The Kier molecular flexibility index (Phi) is 4.94. The molecule has 0 fully saturated rings. The largest absolute Gasteiger partial charge is 0.293 e. The molecule has 1 unspecified atom stereocenters. The van der Waals surface area contributed by atoms with Gasteiger partial charge in [0, 0.05) is 18.5 Å². The summed E-state index contributed by atoms with van der Waals surface area (Å²) >= 11 is 7.65. The number of benzene rings is 1. The maximum absolute atomic E-state index is 5.89. The second-order valence-electron chi connectivity index (χ2n) is 5.54. The standard InChI is InChI=1S/C17H21ClN2S/c1-2-16(17-19-15(11-18)12-21-17)20-9-7-13-5-3-4-6-14(13)8-10-20/h3-6,12,16H,2,7-11H2,1H3. The van der Waals surface area contributed by atoms with Crippen molar-refractivity contribution in [2.45, 2.75) is 38.1 Å². The van der Waals surface area contributed by atoms with E-state index in [4.69, 9.17) is 16.6 Å². The van der Waals surface area contributed by atoms with Gasteiger partial charge >= 0.3 is 0 Å². The van der Waals surface area contributed by atoms with Crippen molar-refractivity contribution in [3.63, 3.8) is 0 Å². The van der Waals surface area contributed by atoms with Crippen LogP contribution in [0.3, 0.4) is 0 Å². The van der Waals surface area contributed by atoms with Gasteiger partial charge in [-0.25, -0.2) is 4.98 Å². The Hall–Kier alpha value is -0.900. The van der Waals surface area contributed by atoms with E-state index in [1.165, 1.54) is 16.1 Å². The molecule has 3 rings (SSSR count). The summed E-state index contributed by atoms with van der Waals surface area (Å²) in [5.74, 6) is 0.512. The molecule has 0 saturated heterocycles. The number of hydrogen-bond donors (Lipinski definition) is 0. The second kappa shape index (κ2) is 6.91. The minimum Gasteiger partial charge on any atom is -0.293 e. The molecule has 0 N–H and O–H groups in total. The van der Waals surface area contributed by atoms with E-state index in [0.717, 1.165) is 38.0 Å². The van der Waals surface area contributed by atoms with Gasteiger partial charge < -0.3 is 0 Å². The maximum atomic E-state index is 5.89. The molecule has 1 aliphatic heterocycles. The highest BCUT2D eigenvalue weighted by Crippen LogP contribution is 2.29. The van der Waals surface area contributed by atoms with E-state index in [1.807, 2.05) is 0 Å². The number of thiazole rings is 1. The number of nitrogens with zero attached hydrogens (tertiary/aromatic N) is 2. The van der Waals surface area contributed by atoms with Gasteiger partial charge in [0.25, 0.3) is 0 Å². The van der Waals surface area contributed by atoms with Crippen molar-refractivity contribution in [2.75, 3.05) is 13.1 Å². The monoisotopic (exact) mass is 320 g/mol. The van der Waals surface area contributed by atoms with Crippen LogP contribution >= 0.6 is 22.9 Å². The molecule has 2 aromatic rings. The molecule has 4 heteroatoms. The van der Waals surface area contributed by atoms with Crippen LogP contribution in [0.5, 0.6) is 0 Å². The topological polar surface area (TPSA) is 16.1 Å². The number of halogens is 1. The van der Waals surface area contributed by atoms with Crippen molar-refractivity contribution in [2.24, 2.45) is 0 Å². The lowest BCUT2D eigenvalue weighted by molar-refractivity contribution is 0.201. The second-order valence-corrected chi connectivity index (χ2v) is 6.70. The smallest absolute Gasteiger partial charge is 0.110 e. The van der Waals surface area contributed by atoms with Crippen LogP contribution in [-0.2, 0) is 18.7 Å². The predicted octanol–water partition coefficient (Wildman–Crippen LogP) is 4.43. The van der Waals surface area contributed by atoms with E-state index in [1.54, 1.807) is 11.3 Å². The summed E-state index contributed by atoms with van der Waals surface area (Å²) in [4.78, 5) is 7.29. The van der Waals surface area contributed by atoms with E-state index in [9.17, 15) is 0 Å². The van der Waals surface area contributed by atoms with Gasteiger partial charge in [-0.05, 0) is 30.4 Å². The van der Waals surface area contributed by atoms with Crippen LogP contribution in [0.2, 0.25) is 0 Å². The summed E-state index contributed by atoms with van der Waals surface area (Å²) in [5.41, 5.74) is 4.03. The van der Waals surface area contributed by atoms with Crippen LogP contribution in [-0.4, -0.2) is 23.0 Å². The zero-order valence-electron chi connectivity index (χ0n) is 12.4. The molecular weight excluding hydrogens is 300 g/mol. The summed E-state index contributed by atoms with van der Waals surface area (Å²) in [5, 5.41) is 3.32. The molecule has 0 radical (unpaired) electrons. The average molecular weight is 321 g/mol. The molecule has 21 heavy (non-hydrogen) atoms. The molecule has 112 valence electrons. The van der Waals surface area contributed by atoms with Crippen molar-refractivity contribution in [3.8, 4) is 0 Å². The molecule has 1 aliphatic rings. The number of aromatic nitrogens is 1. The molecule has 1 aromatic carbocycles. The van der Waals surface area contributed by atoms with Gasteiger partial charge in [-0.1, -0.05) is 31.2 Å². The van der Waals surface area contributed by atoms with Crippen LogP contribution < -0.4 is 0 Å². The number of rotatable bonds is 4. The third-order valence-electron chi connectivity index (χ3n) is 4.27. The lowest BCUT2D eigenvalue weighted by Gasteiger charge is -2.28. The van der Waals surface area contributed by atoms with Gasteiger partial charge in [0.1, 0.15) is 5.01 Å². The molecular formula is C17H21ClN2S. The summed E-state index contributed by atoms with van der Waals surface area (Å²) in [7, 11) is 0. The van der Waals surface area contributed by atoms with E-state index < -0.39 is 0 Å². The number of alkyl halides is 1. The minimum absolute atomic E-state index is 0.432. The van der Waals surface area contributed by atoms with Crippen LogP contribution in [0.15, 0.2) is 29.6 Å². The Bertz CT molecular complexity index is 569. The summed E-state index contributed by atoms with van der Waals surface area (Å²) < 4.78 is 0. The quantitative estimate of drug-likeness (QED) is 0.774. The first-order chi connectivity index (χ1) is 10.3. The zero-order valence-corrected chi connectivity index (χ0v) is 14.0. The minimum atomic E-state index is 0.432. The van der Waals surface area contributed by atoms with Gasteiger partial charge in [0.2, 0.25) is 0 Å². The van der Waals surface area contributed by atoms with E-state index in [-0.39, 0.29) is 0 Å². The van der Waals surface area contributed by atoms with Crippen LogP contribution in [0, 0.1) is 0 Å². The van der Waals surface area contributed by atoms with Gasteiger partial charge in [0.05, 0.1) is 17.6 Å². The first kappa shape index (κ1) is 15.0. The van der Waals surface area contributed by atoms with Crippen molar-refractivity contribution < 1.29 is 0 Å². The first-order valence-corrected chi connectivity index (χ1v) is 9.04. The highest BCUT2D eigenvalue weighted by atomic mass is 35.5. The van der Waals surface area contributed by atoms with E-state index >= 15 is 0 Å². The van der Waals surface area contributed by atoms with Crippen LogP contribution in [0.25, 0.3) is 0 Å². The Morgan fingerprint density at radius 1 is 1.24 bits per heavy atom. The highest BCUT2D eigenvalue weighted by Gasteiger charge is 2.23. The Labute approximate surface area is 135 Å². The first-order valence-electron chi connectivity index (χ1n) is 7.63. The third kappa shape index (κ3) is 3.31. The third-order valence-corrected chi connectivity index (χ3v) is 5.54. The molecule has 0 bridgehead atoms. The van der Waals surface area contributed by atoms with Crippen molar-refractivity contribution in [3.05, 3.63) is 51.5 Å². The van der Waals surface area contributed by atoms with Crippen LogP contribution in [0.1, 0.15) is 41.2 Å². The Morgan fingerprint density at radius 2 is 1.90 bits per heavy atom. The maximum Gasteiger partial charge on any atom is 0.110 e. The summed E-state index contributed by atoms with van der Waals surface area (Å²) in [6.45, 7) is 4.49. The molecule has 0 spiro atoms. The van der Waals surface area contributed by atoms with Gasteiger partial charge in [0.15, 0.2) is 0 Å². The van der Waals surface area contributed by atoms with Crippen molar-refractivity contribution in [1.82, 2.24) is 9.88 Å². The average Bonchev–Trinajstić information content (AvgIpc) is 2.89. The van der Waals surface area contributed by atoms with Crippen molar-refractivity contribution in [1.29, 1.82) is 0 Å². The molecule has 1 aromatic heterocycles. The number of fused-ring (bicyclic) bond motifs is 1. The fraction of sp³-hybridized carbons (Fsp3) is 0.471. The lowest BCUT2D eigenvalue weighted by atomic mass is 10.0.